The van der Waals surface area contributed by atoms with Gasteiger partial charge in [0.05, 0.1) is 15.1 Å². The number of rotatable bonds is 7. The highest BCUT2D eigenvalue weighted by atomic mass is 35.5. The summed E-state index contributed by atoms with van der Waals surface area (Å²) in [7, 11) is 1.71. The topological polar surface area (TPSA) is 43.9 Å². The zero-order valence-electron chi connectivity index (χ0n) is 23.5. The molecule has 3 aromatic rings. The molecule has 0 N–H and O–H groups in total. The Morgan fingerprint density at radius 1 is 0.952 bits per heavy atom. The first-order valence-electron chi connectivity index (χ1n) is 13.9. The van der Waals surface area contributed by atoms with E-state index in [4.69, 9.17) is 34.8 Å². The molecule has 222 valence electrons. The van der Waals surface area contributed by atoms with Gasteiger partial charge in [0.1, 0.15) is 11.6 Å². The molecule has 0 aliphatic carbocycles. The molecule has 0 aromatic heterocycles. The van der Waals surface area contributed by atoms with E-state index in [0.717, 1.165) is 55.7 Å². The molecule has 1 fully saturated rings. The maximum Gasteiger partial charge on any atom is 0.253 e. The largest absolute Gasteiger partial charge is 0.341 e. The van der Waals surface area contributed by atoms with E-state index in [1.165, 1.54) is 24.3 Å². The molecule has 10 heteroatoms. The van der Waals surface area contributed by atoms with Crippen LogP contribution >= 0.6 is 34.8 Å². The van der Waals surface area contributed by atoms with E-state index in [2.05, 4.69) is 4.90 Å². The van der Waals surface area contributed by atoms with Gasteiger partial charge in [0.2, 0.25) is 5.91 Å². The van der Waals surface area contributed by atoms with Crippen LogP contribution < -0.4 is 4.90 Å². The van der Waals surface area contributed by atoms with Gasteiger partial charge in [-0.3, -0.25) is 9.59 Å². The molecule has 5 rings (SSSR count). The second-order valence-corrected chi connectivity index (χ2v) is 12.6. The number of amides is 2. The van der Waals surface area contributed by atoms with Gasteiger partial charge in [-0.05, 0) is 98.6 Å². The molecule has 2 amide bonds. The van der Waals surface area contributed by atoms with Gasteiger partial charge in [-0.1, -0.05) is 40.9 Å². The average Bonchev–Trinajstić information content (AvgIpc) is 3.27. The number of likely N-dealkylation sites (N-methyl/N-ethyl adjacent to an activating group) is 1. The molecule has 0 unspecified atom stereocenters. The highest BCUT2D eigenvalue weighted by molar-refractivity contribution is 6.42. The van der Waals surface area contributed by atoms with E-state index < -0.39 is 5.82 Å². The van der Waals surface area contributed by atoms with Crippen LogP contribution in [0, 0.1) is 11.6 Å². The number of likely N-dealkylation sites (tertiary alicyclic amines) is 1. The maximum absolute atomic E-state index is 14.3. The van der Waals surface area contributed by atoms with Gasteiger partial charge in [0, 0.05) is 49.6 Å². The molecule has 3 aromatic carbocycles. The normalized spacial score (nSPS) is 16.9. The minimum atomic E-state index is -0.576. The molecular formula is C32H32Cl3F2N3O2. The van der Waals surface area contributed by atoms with Crippen molar-refractivity contribution in [2.75, 3.05) is 44.7 Å². The number of hydrogen-bond acceptors (Lipinski definition) is 3. The van der Waals surface area contributed by atoms with Crippen LogP contribution in [0.4, 0.5) is 14.5 Å². The van der Waals surface area contributed by atoms with Crippen molar-refractivity contribution in [3.63, 3.8) is 0 Å². The molecule has 1 atom stereocenters. The summed E-state index contributed by atoms with van der Waals surface area (Å²) in [6.07, 6.45) is 2.38. The lowest BCUT2D eigenvalue weighted by atomic mass is 9.74. The monoisotopic (exact) mass is 633 g/mol. The first-order chi connectivity index (χ1) is 20.0. The third-order valence-corrected chi connectivity index (χ3v) is 9.72. The van der Waals surface area contributed by atoms with E-state index in [0.29, 0.717) is 28.7 Å². The molecule has 2 aliphatic rings. The van der Waals surface area contributed by atoms with Crippen molar-refractivity contribution in [3.8, 4) is 0 Å². The highest BCUT2D eigenvalue weighted by Gasteiger charge is 2.45. The summed E-state index contributed by atoms with van der Waals surface area (Å²) in [6, 6.07) is 14.2. The number of nitrogens with zero attached hydrogens (tertiary/aromatic N) is 3. The third-order valence-electron chi connectivity index (χ3n) is 8.69. The lowest BCUT2D eigenvalue weighted by Crippen LogP contribution is -2.46. The molecule has 1 saturated heterocycles. The maximum atomic E-state index is 14.3. The van der Waals surface area contributed by atoms with Gasteiger partial charge in [-0.25, -0.2) is 8.78 Å². The van der Waals surface area contributed by atoms with Gasteiger partial charge in [-0.2, -0.15) is 0 Å². The summed E-state index contributed by atoms with van der Waals surface area (Å²) in [4.78, 5) is 31.3. The molecule has 5 nitrogen and oxygen atoms in total. The van der Waals surface area contributed by atoms with Crippen LogP contribution in [0.3, 0.4) is 0 Å². The highest BCUT2D eigenvalue weighted by Crippen LogP contribution is 2.47. The Kier molecular flexibility index (Phi) is 9.14. The van der Waals surface area contributed by atoms with Crippen LogP contribution in [0.2, 0.25) is 15.1 Å². The van der Waals surface area contributed by atoms with Gasteiger partial charge in [0.25, 0.3) is 5.91 Å². The van der Waals surface area contributed by atoms with E-state index in [1.54, 1.807) is 42.0 Å². The fourth-order valence-corrected chi connectivity index (χ4v) is 6.77. The van der Waals surface area contributed by atoms with E-state index in [1.807, 2.05) is 12.1 Å². The van der Waals surface area contributed by atoms with Crippen LogP contribution in [-0.4, -0.2) is 61.4 Å². The number of carbonyl (C=O) groups is 2. The molecule has 2 aliphatic heterocycles. The van der Waals surface area contributed by atoms with Gasteiger partial charge in [-0.15, -0.1) is 0 Å². The second kappa shape index (κ2) is 12.5. The summed E-state index contributed by atoms with van der Waals surface area (Å²) in [5.41, 5.74) is 2.75. The molecule has 42 heavy (non-hydrogen) atoms. The first-order valence-corrected chi connectivity index (χ1v) is 15.1. The number of carbonyl (C=O) groups excluding carboxylic acids is 2. The Hall–Kier alpha value is -2.71. The minimum Gasteiger partial charge on any atom is -0.341 e. The smallest absolute Gasteiger partial charge is 0.253 e. The Labute approximate surface area is 259 Å². The molecule has 0 saturated carbocycles. The van der Waals surface area contributed by atoms with Gasteiger partial charge in [0.15, 0.2) is 0 Å². The van der Waals surface area contributed by atoms with Crippen LogP contribution in [0.5, 0.6) is 0 Å². The van der Waals surface area contributed by atoms with Crippen LogP contribution in [0.15, 0.2) is 54.6 Å². The summed E-state index contributed by atoms with van der Waals surface area (Å²) in [5.74, 6) is -1.20. The van der Waals surface area contributed by atoms with Crippen molar-refractivity contribution < 1.29 is 18.4 Å². The lowest BCUT2D eigenvalue weighted by Gasteiger charge is -2.40. The molecule has 1 spiro atoms. The SMILES string of the molecule is CC(=O)N1CC2(CCN(CC[C@H](CN(C)C(=O)c3ccc(F)c(Cl)c3)c3ccc(Cl)c(Cl)c3)CC2)c2cc(F)ccc21. The number of piperidine rings is 1. The number of fused-ring (bicyclic) bond motifs is 2. The summed E-state index contributed by atoms with van der Waals surface area (Å²) >= 11 is 18.5. The Morgan fingerprint density at radius 2 is 1.69 bits per heavy atom. The standard InChI is InChI=1S/C32H32Cl3F2N3O2/c1-20(41)40-19-32(25-17-24(36)5-8-30(25)40)10-13-39(14-11-32)12-9-23(21-3-6-26(33)27(34)15-21)18-38(2)31(42)22-4-7-29(37)28(35)16-22/h3-8,15-17,23H,9-14,18-19H2,1-2H3/t23-/m1/s1. The number of benzene rings is 3. The Bertz CT molecular complexity index is 1510. The summed E-state index contributed by atoms with van der Waals surface area (Å²) in [5, 5.41) is 0.802. The minimum absolute atomic E-state index is 0.0341. The third kappa shape index (κ3) is 6.30. The lowest BCUT2D eigenvalue weighted by molar-refractivity contribution is -0.116. The van der Waals surface area contributed by atoms with Crippen molar-refractivity contribution in [2.45, 2.75) is 37.5 Å². The second-order valence-electron chi connectivity index (χ2n) is 11.4. The van der Waals surface area contributed by atoms with Crippen molar-refractivity contribution in [1.29, 1.82) is 0 Å². The fourth-order valence-electron chi connectivity index (χ4n) is 6.29. The predicted molar refractivity (Wildman–Crippen MR) is 164 cm³/mol. The van der Waals surface area contributed by atoms with Crippen LogP contribution in [-0.2, 0) is 10.2 Å². The first kappa shape index (κ1) is 30.7. The number of hydrogen-bond donors (Lipinski definition) is 0. The Morgan fingerprint density at radius 3 is 2.36 bits per heavy atom. The number of anilines is 1. The van der Waals surface area contributed by atoms with Gasteiger partial charge < -0.3 is 14.7 Å². The number of halogens is 5. The van der Waals surface area contributed by atoms with Crippen LogP contribution in [0.1, 0.15) is 53.6 Å². The quantitative estimate of drug-likeness (QED) is 0.269. The van der Waals surface area contributed by atoms with Gasteiger partial charge >= 0.3 is 0 Å². The zero-order chi connectivity index (χ0) is 30.2. The molecule has 2 heterocycles. The Balaban J connectivity index is 1.28. The summed E-state index contributed by atoms with van der Waals surface area (Å²) < 4.78 is 27.9. The van der Waals surface area contributed by atoms with Crippen LogP contribution in [0.25, 0.3) is 0 Å². The average molecular weight is 635 g/mol. The predicted octanol–water partition coefficient (Wildman–Crippen LogP) is 7.57. The van der Waals surface area contributed by atoms with Crippen molar-refractivity contribution in [3.05, 3.63) is 98.0 Å². The van der Waals surface area contributed by atoms with E-state index in [-0.39, 0.29) is 34.0 Å². The van der Waals surface area contributed by atoms with Crippen molar-refractivity contribution in [1.82, 2.24) is 9.80 Å². The van der Waals surface area contributed by atoms with E-state index >= 15 is 0 Å². The zero-order valence-corrected chi connectivity index (χ0v) is 25.7. The molecule has 0 bridgehead atoms. The summed E-state index contributed by atoms with van der Waals surface area (Å²) in [6.45, 7) is 4.91. The van der Waals surface area contributed by atoms with Crippen molar-refractivity contribution in [2.24, 2.45) is 0 Å². The molecule has 0 radical (unpaired) electrons. The van der Waals surface area contributed by atoms with E-state index in [9.17, 15) is 18.4 Å². The molecular weight excluding hydrogens is 603 g/mol. The van der Waals surface area contributed by atoms with Crippen molar-refractivity contribution >= 4 is 52.3 Å². The fraction of sp³-hybridized carbons (Fsp3) is 0.375.